The van der Waals surface area contributed by atoms with Gasteiger partial charge in [-0.2, -0.15) is 5.10 Å². The van der Waals surface area contributed by atoms with E-state index in [1.54, 1.807) is 18.6 Å². The zero-order valence-corrected chi connectivity index (χ0v) is 15.6. The molecule has 0 saturated carbocycles. The van der Waals surface area contributed by atoms with E-state index in [0.29, 0.717) is 24.5 Å². The van der Waals surface area contributed by atoms with Crippen LogP contribution in [-0.2, 0) is 0 Å². The van der Waals surface area contributed by atoms with Crippen molar-refractivity contribution in [2.75, 3.05) is 13.1 Å². The van der Waals surface area contributed by atoms with E-state index in [1.807, 2.05) is 33.8 Å². The quantitative estimate of drug-likeness (QED) is 0.710. The van der Waals surface area contributed by atoms with Gasteiger partial charge in [0.1, 0.15) is 6.10 Å². The molecule has 1 aliphatic rings. The topological polar surface area (TPSA) is 73.1 Å². The highest BCUT2D eigenvalue weighted by Gasteiger charge is 2.25. The molecule has 1 fully saturated rings. The van der Waals surface area contributed by atoms with E-state index in [2.05, 4.69) is 28.9 Å². The lowest BCUT2D eigenvalue weighted by Gasteiger charge is -2.31. The number of carbonyl (C=O) groups excluding carboxylic acids is 1. The van der Waals surface area contributed by atoms with Gasteiger partial charge >= 0.3 is 0 Å². The van der Waals surface area contributed by atoms with Crippen molar-refractivity contribution in [1.82, 2.24) is 24.6 Å². The van der Waals surface area contributed by atoms with Gasteiger partial charge in [-0.3, -0.25) is 4.79 Å². The van der Waals surface area contributed by atoms with Crippen molar-refractivity contribution in [3.63, 3.8) is 0 Å². The maximum atomic E-state index is 12.9. The molecule has 1 saturated heterocycles. The summed E-state index contributed by atoms with van der Waals surface area (Å²) in [4.78, 5) is 23.4. The van der Waals surface area contributed by atoms with Gasteiger partial charge in [0, 0.05) is 55.8 Å². The number of carbonyl (C=O) groups is 1. The van der Waals surface area contributed by atoms with Crippen LogP contribution in [0, 0.1) is 0 Å². The Kier molecular flexibility index (Phi) is 4.75. The summed E-state index contributed by atoms with van der Waals surface area (Å²) < 4.78 is 7.76. The van der Waals surface area contributed by atoms with Gasteiger partial charge in [-0.15, -0.1) is 0 Å². The summed E-state index contributed by atoms with van der Waals surface area (Å²) in [5.74, 6) is 0.650. The van der Waals surface area contributed by atoms with E-state index in [0.717, 1.165) is 23.9 Å². The van der Waals surface area contributed by atoms with Crippen molar-refractivity contribution in [3.05, 3.63) is 48.4 Å². The first-order valence-electron chi connectivity index (χ1n) is 9.32. The fourth-order valence-corrected chi connectivity index (χ4v) is 3.38. The molecule has 0 atom stereocenters. The third-order valence-corrected chi connectivity index (χ3v) is 4.82. The number of nitrogens with zero attached hydrogens (tertiary/aromatic N) is 5. The van der Waals surface area contributed by atoms with Crippen LogP contribution in [0.15, 0.2) is 42.9 Å². The Balaban J connectivity index is 1.41. The molecule has 27 heavy (non-hydrogen) atoms. The van der Waals surface area contributed by atoms with E-state index in [1.165, 1.54) is 0 Å². The number of piperidine rings is 1. The van der Waals surface area contributed by atoms with Crippen LogP contribution in [0.5, 0.6) is 5.88 Å². The van der Waals surface area contributed by atoms with Crippen LogP contribution in [0.2, 0.25) is 0 Å². The highest BCUT2D eigenvalue weighted by atomic mass is 16.5. The lowest BCUT2D eigenvalue weighted by Crippen LogP contribution is -2.41. The summed E-state index contributed by atoms with van der Waals surface area (Å²) in [6, 6.07) is 7.74. The number of pyridine rings is 2. The molecule has 0 aliphatic carbocycles. The molecule has 140 valence electrons. The molecule has 0 spiro atoms. The van der Waals surface area contributed by atoms with Crippen LogP contribution in [-0.4, -0.2) is 49.7 Å². The van der Waals surface area contributed by atoms with Crippen molar-refractivity contribution in [2.24, 2.45) is 0 Å². The Bertz CT molecular complexity index is 930. The predicted octanol–water partition coefficient (Wildman–Crippen LogP) is 3.09. The average molecular weight is 365 g/mol. The minimum absolute atomic E-state index is 0.0120. The molecule has 7 nitrogen and oxygen atoms in total. The molecule has 0 bridgehead atoms. The van der Waals surface area contributed by atoms with Gasteiger partial charge < -0.3 is 9.64 Å². The Hall–Kier alpha value is -2.96. The summed E-state index contributed by atoms with van der Waals surface area (Å²) in [6.07, 6.45) is 6.83. The summed E-state index contributed by atoms with van der Waals surface area (Å²) in [7, 11) is 0. The van der Waals surface area contributed by atoms with Crippen LogP contribution in [0.1, 0.15) is 43.1 Å². The summed E-state index contributed by atoms with van der Waals surface area (Å²) in [6.45, 7) is 5.45. The number of hydrogen-bond donors (Lipinski definition) is 0. The predicted molar refractivity (Wildman–Crippen MR) is 102 cm³/mol. The number of rotatable bonds is 4. The zero-order valence-electron chi connectivity index (χ0n) is 15.6. The number of aromatic nitrogens is 4. The summed E-state index contributed by atoms with van der Waals surface area (Å²) in [5.41, 5.74) is 1.42. The maximum Gasteiger partial charge on any atom is 0.255 e. The van der Waals surface area contributed by atoms with Gasteiger partial charge in [0.05, 0.1) is 11.8 Å². The SMILES string of the molecule is CC(C)n1ncc2cc(C(=O)N3CCC(Oc4ccccn4)CC3)cnc21. The third kappa shape index (κ3) is 3.63. The maximum absolute atomic E-state index is 12.9. The van der Waals surface area contributed by atoms with E-state index in [-0.39, 0.29) is 18.1 Å². The number of fused-ring (bicyclic) bond motifs is 1. The largest absolute Gasteiger partial charge is 0.474 e. The van der Waals surface area contributed by atoms with Crippen LogP contribution >= 0.6 is 0 Å². The van der Waals surface area contributed by atoms with Crippen molar-refractivity contribution in [2.45, 2.75) is 38.8 Å². The first-order chi connectivity index (χ1) is 13.1. The molecule has 0 aromatic carbocycles. The highest BCUT2D eigenvalue weighted by molar-refractivity contribution is 5.96. The first kappa shape index (κ1) is 17.5. The fourth-order valence-electron chi connectivity index (χ4n) is 3.38. The normalized spacial score (nSPS) is 15.4. The summed E-state index contributed by atoms with van der Waals surface area (Å²) >= 11 is 0. The molecule has 0 radical (unpaired) electrons. The third-order valence-electron chi connectivity index (χ3n) is 4.82. The van der Waals surface area contributed by atoms with E-state index in [9.17, 15) is 4.79 Å². The van der Waals surface area contributed by atoms with Crippen molar-refractivity contribution >= 4 is 16.9 Å². The lowest BCUT2D eigenvalue weighted by atomic mass is 10.1. The first-order valence-corrected chi connectivity index (χ1v) is 9.32. The van der Waals surface area contributed by atoms with Crippen LogP contribution in [0.3, 0.4) is 0 Å². The molecule has 4 rings (SSSR count). The van der Waals surface area contributed by atoms with Crippen LogP contribution < -0.4 is 4.74 Å². The van der Waals surface area contributed by atoms with E-state index in [4.69, 9.17) is 4.74 Å². The standard InChI is InChI=1S/C20H23N5O2/c1-14(2)25-19-15(13-23-25)11-16(12-22-19)20(26)24-9-6-17(7-10-24)27-18-5-3-4-8-21-18/h3-5,8,11-14,17H,6-7,9-10H2,1-2H3. The van der Waals surface area contributed by atoms with Gasteiger partial charge in [-0.05, 0) is 26.0 Å². The van der Waals surface area contributed by atoms with Crippen molar-refractivity contribution < 1.29 is 9.53 Å². The smallest absolute Gasteiger partial charge is 0.255 e. The Morgan fingerprint density at radius 3 is 2.70 bits per heavy atom. The van der Waals surface area contributed by atoms with E-state index >= 15 is 0 Å². The van der Waals surface area contributed by atoms with Gasteiger partial charge in [0.25, 0.3) is 5.91 Å². The van der Waals surface area contributed by atoms with Crippen molar-refractivity contribution in [1.29, 1.82) is 0 Å². The Morgan fingerprint density at radius 2 is 2.00 bits per heavy atom. The molecular formula is C20H23N5O2. The van der Waals surface area contributed by atoms with Gasteiger partial charge in [-0.25, -0.2) is 14.6 Å². The van der Waals surface area contributed by atoms with E-state index < -0.39 is 0 Å². The number of hydrogen-bond acceptors (Lipinski definition) is 5. The molecule has 1 amide bonds. The monoisotopic (exact) mass is 365 g/mol. The highest BCUT2D eigenvalue weighted by Crippen LogP contribution is 2.21. The van der Waals surface area contributed by atoms with Gasteiger partial charge in [0.2, 0.25) is 5.88 Å². The minimum atomic E-state index is 0.0120. The molecule has 7 heteroatoms. The second-order valence-electron chi connectivity index (χ2n) is 7.10. The van der Waals surface area contributed by atoms with Crippen LogP contribution in [0.4, 0.5) is 0 Å². The van der Waals surface area contributed by atoms with Gasteiger partial charge in [0.15, 0.2) is 5.65 Å². The molecule has 4 heterocycles. The van der Waals surface area contributed by atoms with Gasteiger partial charge in [-0.1, -0.05) is 6.07 Å². The van der Waals surface area contributed by atoms with Crippen molar-refractivity contribution in [3.8, 4) is 5.88 Å². The fraction of sp³-hybridized carbons (Fsp3) is 0.400. The molecule has 3 aromatic rings. The molecular weight excluding hydrogens is 342 g/mol. The Morgan fingerprint density at radius 1 is 1.19 bits per heavy atom. The second-order valence-corrected chi connectivity index (χ2v) is 7.10. The molecule has 0 unspecified atom stereocenters. The summed E-state index contributed by atoms with van der Waals surface area (Å²) in [5, 5.41) is 5.26. The number of ether oxygens (including phenoxy) is 1. The minimum Gasteiger partial charge on any atom is -0.474 e. The molecule has 1 aliphatic heterocycles. The molecule has 0 N–H and O–H groups in total. The molecule has 3 aromatic heterocycles. The van der Waals surface area contributed by atoms with Crippen LogP contribution in [0.25, 0.3) is 11.0 Å². The number of amides is 1. The second kappa shape index (κ2) is 7.34. The average Bonchev–Trinajstić information content (AvgIpc) is 3.12. The zero-order chi connectivity index (χ0) is 18.8. The Labute approximate surface area is 158 Å². The number of likely N-dealkylation sites (tertiary alicyclic amines) is 1. The lowest BCUT2D eigenvalue weighted by molar-refractivity contribution is 0.0587.